The molecule has 11 heavy (non-hydrogen) atoms. The van der Waals surface area contributed by atoms with Crippen molar-refractivity contribution in [1.82, 2.24) is 0 Å². The lowest BCUT2D eigenvalue weighted by Gasteiger charge is -1.88. The summed E-state index contributed by atoms with van der Waals surface area (Å²) in [6, 6.07) is 0. The lowest BCUT2D eigenvalue weighted by Crippen LogP contribution is -1.68. The summed E-state index contributed by atoms with van der Waals surface area (Å²) in [5.41, 5.74) is 0. The molecule has 1 aliphatic rings. The van der Waals surface area contributed by atoms with E-state index in [0.717, 1.165) is 0 Å². The van der Waals surface area contributed by atoms with Gasteiger partial charge in [-0.1, -0.05) is 36.5 Å². The van der Waals surface area contributed by atoms with E-state index in [1.165, 1.54) is 32.1 Å². The summed E-state index contributed by atoms with van der Waals surface area (Å²) in [6.45, 7) is 0. The van der Waals surface area contributed by atoms with E-state index in [4.69, 9.17) is 0 Å². The summed E-state index contributed by atoms with van der Waals surface area (Å²) >= 11 is 0. The van der Waals surface area contributed by atoms with Crippen molar-refractivity contribution in [1.29, 1.82) is 0 Å². The Hall–Kier alpha value is -0.780. The van der Waals surface area contributed by atoms with Gasteiger partial charge in [-0.3, -0.25) is 0 Å². The van der Waals surface area contributed by atoms with E-state index in [0.29, 0.717) is 0 Å². The molecule has 0 aromatic rings. The van der Waals surface area contributed by atoms with Crippen molar-refractivity contribution in [3.63, 3.8) is 0 Å². The SMILES string of the molecule is C1=C\CCC/C=C\CC/C=C/1. The fraction of sp³-hybridized carbons (Fsp3) is 0.455. The first-order chi connectivity index (χ1) is 5.50. The zero-order valence-electron chi connectivity index (χ0n) is 7.00. The molecule has 60 valence electrons. The van der Waals surface area contributed by atoms with Crippen molar-refractivity contribution in [2.45, 2.75) is 32.1 Å². The average Bonchev–Trinajstić information content (AvgIpc) is 2.08. The molecule has 0 heteroatoms. The molecule has 0 aromatic heterocycles. The Morgan fingerprint density at radius 2 is 1.09 bits per heavy atom. The molecule has 0 atom stereocenters. The molecule has 0 bridgehead atoms. The molecule has 0 unspecified atom stereocenters. The van der Waals surface area contributed by atoms with Crippen LogP contribution >= 0.6 is 0 Å². The van der Waals surface area contributed by atoms with Crippen LogP contribution in [0.15, 0.2) is 36.5 Å². The van der Waals surface area contributed by atoms with Gasteiger partial charge in [0.1, 0.15) is 0 Å². The van der Waals surface area contributed by atoms with Gasteiger partial charge in [0.05, 0.1) is 0 Å². The number of allylic oxidation sites excluding steroid dienone is 6. The molecule has 0 spiro atoms. The molecule has 0 fully saturated rings. The minimum Gasteiger partial charge on any atom is -0.0885 e. The summed E-state index contributed by atoms with van der Waals surface area (Å²) in [5, 5.41) is 0. The molecule has 0 nitrogen and oxygen atoms in total. The van der Waals surface area contributed by atoms with Crippen LogP contribution in [0.1, 0.15) is 32.1 Å². The normalized spacial score (nSPS) is 28.4. The van der Waals surface area contributed by atoms with Crippen LogP contribution in [0.3, 0.4) is 0 Å². The van der Waals surface area contributed by atoms with E-state index in [9.17, 15) is 0 Å². The standard InChI is InChI=1S/C11H16/c1-2-4-6-8-10-11-9-7-5-3-1/h1-4,9,11H,5-8,10H2/b3-1+,4-2-,11-9-. The fourth-order valence-electron chi connectivity index (χ4n) is 1.13. The second-order valence-corrected chi connectivity index (χ2v) is 2.84. The summed E-state index contributed by atoms with van der Waals surface area (Å²) in [5.74, 6) is 0. The Balaban J connectivity index is 2.34. The van der Waals surface area contributed by atoms with Gasteiger partial charge in [0, 0.05) is 0 Å². The van der Waals surface area contributed by atoms with Gasteiger partial charge in [-0.15, -0.1) is 0 Å². The molecule has 0 amide bonds. The Bertz CT molecular complexity index is 161. The van der Waals surface area contributed by atoms with Crippen LogP contribution in [-0.4, -0.2) is 0 Å². The van der Waals surface area contributed by atoms with Gasteiger partial charge < -0.3 is 0 Å². The first-order valence-electron chi connectivity index (χ1n) is 4.47. The number of rotatable bonds is 0. The van der Waals surface area contributed by atoms with Gasteiger partial charge in [0.25, 0.3) is 0 Å². The van der Waals surface area contributed by atoms with Crippen LogP contribution in [0.25, 0.3) is 0 Å². The van der Waals surface area contributed by atoms with Gasteiger partial charge >= 0.3 is 0 Å². The largest absolute Gasteiger partial charge is 0.0885 e. The summed E-state index contributed by atoms with van der Waals surface area (Å²) in [4.78, 5) is 0. The van der Waals surface area contributed by atoms with Crippen molar-refractivity contribution in [2.75, 3.05) is 0 Å². The zero-order chi connectivity index (χ0) is 7.78. The molecular formula is C11H16. The maximum absolute atomic E-state index is 2.30. The van der Waals surface area contributed by atoms with Crippen molar-refractivity contribution >= 4 is 0 Å². The molecule has 1 rings (SSSR count). The highest BCUT2D eigenvalue weighted by molar-refractivity contribution is 5.03. The van der Waals surface area contributed by atoms with Crippen LogP contribution in [0.4, 0.5) is 0 Å². The lowest BCUT2D eigenvalue weighted by molar-refractivity contribution is 0.864. The van der Waals surface area contributed by atoms with E-state index in [1.807, 2.05) is 0 Å². The molecule has 0 N–H and O–H groups in total. The van der Waals surface area contributed by atoms with Crippen molar-refractivity contribution in [3.05, 3.63) is 36.5 Å². The van der Waals surface area contributed by atoms with Gasteiger partial charge in [0.2, 0.25) is 0 Å². The van der Waals surface area contributed by atoms with E-state index >= 15 is 0 Å². The summed E-state index contributed by atoms with van der Waals surface area (Å²) < 4.78 is 0. The third-order valence-electron chi connectivity index (χ3n) is 1.79. The third kappa shape index (κ3) is 4.60. The fourth-order valence-corrected chi connectivity index (χ4v) is 1.13. The highest BCUT2D eigenvalue weighted by atomic mass is 13.9. The predicted octanol–water partition coefficient (Wildman–Crippen LogP) is 3.62. The minimum absolute atomic E-state index is 1.18. The summed E-state index contributed by atoms with van der Waals surface area (Å²) in [6.07, 6.45) is 19.5. The Morgan fingerprint density at radius 3 is 2.00 bits per heavy atom. The third-order valence-corrected chi connectivity index (χ3v) is 1.79. The van der Waals surface area contributed by atoms with Crippen LogP contribution in [0.5, 0.6) is 0 Å². The predicted molar refractivity (Wildman–Crippen MR) is 50.5 cm³/mol. The van der Waals surface area contributed by atoms with Gasteiger partial charge in [-0.2, -0.15) is 0 Å². The minimum atomic E-state index is 1.18. The second kappa shape index (κ2) is 5.96. The van der Waals surface area contributed by atoms with Crippen molar-refractivity contribution in [2.24, 2.45) is 0 Å². The Kier molecular flexibility index (Phi) is 4.51. The molecule has 1 aliphatic carbocycles. The van der Waals surface area contributed by atoms with E-state index in [-0.39, 0.29) is 0 Å². The number of hydrogen-bond acceptors (Lipinski definition) is 0. The van der Waals surface area contributed by atoms with Crippen LogP contribution < -0.4 is 0 Å². The smallest absolute Gasteiger partial charge is 0.0313 e. The molecule has 0 aromatic carbocycles. The Morgan fingerprint density at radius 1 is 0.545 bits per heavy atom. The lowest BCUT2D eigenvalue weighted by atomic mass is 10.2. The maximum atomic E-state index is 2.30. The molecule has 0 saturated heterocycles. The molecule has 0 saturated carbocycles. The summed E-state index contributed by atoms with van der Waals surface area (Å²) in [7, 11) is 0. The zero-order valence-corrected chi connectivity index (χ0v) is 7.00. The second-order valence-electron chi connectivity index (χ2n) is 2.84. The van der Waals surface area contributed by atoms with Crippen molar-refractivity contribution < 1.29 is 0 Å². The van der Waals surface area contributed by atoms with E-state index < -0.39 is 0 Å². The molecular weight excluding hydrogens is 132 g/mol. The molecule has 0 aliphatic heterocycles. The van der Waals surface area contributed by atoms with E-state index in [2.05, 4.69) is 36.5 Å². The highest BCUT2D eigenvalue weighted by Crippen LogP contribution is 2.02. The van der Waals surface area contributed by atoms with Gasteiger partial charge in [-0.25, -0.2) is 0 Å². The quantitative estimate of drug-likeness (QED) is 0.460. The first kappa shape index (κ1) is 8.32. The number of hydrogen-bond donors (Lipinski definition) is 0. The average molecular weight is 148 g/mol. The topological polar surface area (TPSA) is 0 Å². The first-order valence-corrected chi connectivity index (χ1v) is 4.47. The van der Waals surface area contributed by atoms with Crippen LogP contribution in [-0.2, 0) is 0 Å². The van der Waals surface area contributed by atoms with Crippen molar-refractivity contribution in [3.8, 4) is 0 Å². The van der Waals surface area contributed by atoms with Crippen LogP contribution in [0, 0.1) is 0 Å². The maximum Gasteiger partial charge on any atom is -0.0313 e. The Labute approximate surface area is 69.3 Å². The van der Waals surface area contributed by atoms with Gasteiger partial charge in [0.15, 0.2) is 0 Å². The van der Waals surface area contributed by atoms with Crippen LogP contribution in [0.2, 0.25) is 0 Å². The van der Waals surface area contributed by atoms with E-state index in [1.54, 1.807) is 0 Å². The van der Waals surface area contributed by atoms with Gasteiger partial charge in [-0.05, 0) is 32.1 Å². The highest BCUT2D eigenvalue weighted by Gasteiger charge is 1.82. The monoisotopic (exact) mass is 148 g/mol. The molecule has 0 radical (unpaired) electrons. The molecule has 0 heterocycles.